The smallest absolute Gasteiger partial charge is 0.170 e. The maximum Gasteiger partial charge on any atom is 0.170 e. The average Bonchev–Trinajstić information content (AvgIpc) is 3.40. The van der Waals surface area contributed by atoms with Gasteiger partial charge in [0.05, 0.1) is 17.8 Å². The Morgan fingerprint density at radius 3 is 2.52 bits per heavy atom. The van der Waals surface area contributed by atoms with Crippen LogP contribution in [0, 0.1) is 6.92 Å². The van der Waals surface area contributed by atoms with Crippen molar-refractivity contribution in [2.75, 3.05) is 0 Å². The molecule has 0 radical (unpaired) electrons. The molecule has 31 heavy (non-hydrogen) atoms. The first-order chi connectivity index (χ1) is 15.2. The predicted molar refractivity (Wildman–Crippen MR) is 126 cm³/mol. The van der Waals surface area contributed by atoms with Gasteiger partial charge < -0.3 is 14.8 Å². The molecule has 0 saturated carbocycles. The van der Waals surface area contributed by atoms with E-state index in [0.717, 1.165) is 10.8 Å². The van der Waals surface area contributed by atoms with Crippen molar-refractivity contribution in [3.8, 4) is 5.69 Å². The summed E-state index contributed by atoms with van der Waals surface area (Å²) in [5.74, 6) is 0. The van der Waals surface area contributed by atoms with Crippen molar-refractivity contribution in [3.05, 3.63) is 114 Å². The SMILES string of the molecule is Cc1ccccc1-n1cccc1[C@@H]1[C@@H](c2ccccn2)NC(=S)N1Cc1ccncc1. The zero-order valence-electron chi connectivity index (χ0n) is 17.2. The summed E-state index contributed by atoms with van der Waals surface area (Å²) in [5, 5.41) is 4.27. The molecule has 1 fully saturated rings. The number of benzene rings is 1. The van der Waals surface area contributed by atoms with Crippen LogP contribution < -0.4 is 5.32 Å². The molecule has 6 heteroatoms. The molecule has 1 aliphatic heterocycles. The molecule has 4 heterocycles. The van der Waals surface area contributed by atoms with Crippen LogP contribution in [0.4, 0.5) is 0 Å². The molecular formula is C25H23N5S. The van der Waals surface area contributed by atoms with Crippen molar-refractivity contribution in [2.24, 2.45) is 0 Å². The topological polar surface area (TPSA) is 46.0 Å². The minimum Gasteiger partial charge on any atom is -0.352 e. The van der Waals surface area contributed by atoms with Gasteiger partial charge in [0, 0.05) is 42.7 Å². The molecule has 3 aromatic heterocycles. The van der Waals surface area contributed by atoms with Crippen LogP contribution in [0.15, 0.2) is 91.5 Å². The maximum absolute atomic E-state index is 5.82. The molecule has 4 aromatic rings. The second kappa shape index (κ2) is 8.32. The van der Waals surface area contributed by atoms with Crippen LogP contribution >= 0.6 is 12.2 Å². The molecule has 1 N–H and O–H groups in total. The van der Waals surface area contributed by atoms with Crippen LogP contribution in [0.2, 0.25) is 0 Å². The second-order valence-corrected chi connectivity index (χ2v) is 8.09. The van der Waals surface area contributed by atoms with Crippen LogP contribution in [0.5, 0.6) is 0 Å². The zero-order chi connectivity index (χ0) is 21.2. The summed E-state index contributed by atoms with van der Waals surface area (Å²) >= 11 is 5.82. The highest BCUT2D eigenvalue weighted by Crippen LogP contribution is 2.40. The van der Waals surface area contributed by atoms with E-state index < -0.39 is 0 Å². The van der Waals surface area contributed by atoms with Crippen molar-refractivity contribution in [1.82, 2.24) is 24.8 Å². The maximum atomic E-state index is 5.82. The third-order valence-corrected chi connectivity index (χ3v) is 6.11. The van der Waals surface area contributed by atoms with Gasteiger partial charge in [-0.05, 0) is 72.7 Å². The molecule has 154 valence electrons. The van der Waals surface area contributed by atoms with E-state index in [0.29, 0.717) is 6.54 Å². The highest BCUT2D eigenvalue weighted by molar-refractivity contribution is 7.80. The fourth-order valence-electron chi connectivity index (χ4n) is 4.27. The van der Waals surface area contributed by atoms with E-state index in [2.05, 4.69) is 80.3 Å². The standard InChI is InChI=1S/C25H23N5S/c1-18-7-2-3-9-21(18)29-16-6-10-22(29)24-23(20-8-4-5-13-27-20)28-25(31)30(24)17-19-11-14-26-15-12-19/h2-16,23-24H,17H2,1H3,(H,28,31)/t23-,24-/m1/s1. The normalized spacial score (nSPS) is 18.2. The Balaban J connectivity index is 1.62. The van der Waals surface area contributed by atoms with Crippen molar-refractivity contribution in [2.45, 2.75) is 25.6 Å². The summed E-state index contributed by atoms with van der Waals surface area (Å²) in [6, 6.07) is 22.8. The lowest BCUT2D eigenvalue weighted by Gasteiger charge is -2.29. The number of hydrogen-bond donors (Lipinski definition) is 1. The third kappa shape index (κ3) is 3.70. The minimum atomic E-state index is -0.0480. The van der Waals surface area contributed by atoms with Crippen LogP contribution in [0.1, 0.15) is 34.6 Å². The number of nitrogens with one attached hydrogen (secondary N) is 1. The minimum absolute atomic E-state index is 0.00910. The highest BCUT2D eigenvalue weighted by Gasteiger charge is 2.41. The van der Waals surface area contributed by atoms with Gasteiger partial charge in [-0.3, -0.25) is 9.97 Å². The number of pyridine rings is 2. The first-order valence-electron chi connectivity index (χ1n) is 10.3. The van der Waals surface area contributed by atoms with E-state index in [9.17, 15) is 0 Å². The Morgan fingerprint density at radius 2 is 1.74 bits per heavy atom. The third-order valence-electron chi connectivity index (χ3n) is 5.76. The summed E-state index contributed by atoms with van der Waals surface area (Å²) in [7, 11) is 0. The molecule has 0 amide bonds. The molecule has 0 spiro atoms. The van der Waals surface area contributed by atoms with Crippen LogP contribution in [-0.2, 0) is 6.54 Å². The van der Waals surface area contributed by atoms with Crippen molar-refractivity contribution in [1.29, 1.82) is 0 Å². The molecule has 1 aromatic carbocycles. The Hall–Kier alpha value is -3.51. The fraction of sp³-hybridized carbons (Fsp3) is 0.160. The lowest BCUT2D eigenvalue weighted by atomic mass is 10.0. The quantitative estimate of drug-likeness (QED) is 0.468. The van der Waals surface area contributed by atoms with E-state index in [1.807, 2.05) is 42.9 Å². The van der Waals surface area contributed by atoms with Crippen LogP contribution in [0.3, 0.4) is 0 Å². The van der Waals surface area contributed by atoms with Gasteiger partial charge in [0.15, 0.2) is 5.11 Å². The van der Waals surface area contributed by atoms with E-state index in [1.54, 1.807) is 0 Å². The summed E-state index contributed by atoms with van der Waals surface area (Å²) in [6.07, 6.45) is 7.61. The van der Waals surface area contributed by atoms with Gasteiger partial charge in [0.2, 0.25) is 0 Å². The number of aromatic nitrogens is 3. The highest BCUT2D eigenvalue weighted by atomic mass is 32.1. The van der Waals surface area contributed by atoms with Gasteiger partial charge in [-0.15, -0.1) is 0 Å². The Kier molecular flexibility index (Phi) is 5.22. The first-order valence-corrected chi connectivity index (χ1v) is 10.7. The number of hydrogen-bond acceptors (Lipinski definition) is 3. The van der Waals surface area contributed by atoms with Gasteiger partial charge in [0.1, 0.15) is 0 Å². The van der Waals surface area contributed by atoms with Gasteiger partial charge in [-0.2, -0.15) is 0 Å². The summed E-state index contributed by atoms with van der Waals surface area (Å²) in [4.78, 5) is 11.1. The lowest BCUT2D eigenvalue weighted by molar-refractivity contribution is 0.302. The number of para-hydroxylation sites is 1. The number of nitrogens with zero attached hydrogens (tertiary/aromatic N) is 4. The zero-order valence-corrected chi connectivity index (χ0v) is 18.0. The molecule has 0 aliphatic carbocycles. The van der Waals surface area contributed by atoms with Gasteiger partial charge in [-0.25, -0.2) is 0 Å². The molecule has 5 nitrogen and oxygen atoms in total. The van der Waals surface area contributed by atoms with Gasteiger partial charge in [0.25, 0.3) is 0 Å². The number of rotatable bonds is 5. The molecule has 2 atom stereocenters. The van der Waals surface area contributed by atoms with Crippen molar-refractivity contribution in [3.63, 3.8) is 0 Å². The van der Waals surface area contributed by atoms with E-state index in [4.69, 9.17) is 12.2 Å². The summed E-state index contributed by atoms with van der Waals surface area (Å²) < 4.78 is 2.27. The Morgan fingerprint density at radius 1 is 0.935 bits per heavy atom. The second-order valence-electron chi connectivity index (χ2n) is 7.70. The summed E-state index contributed by atoms with van der Waals surface area (Å²) in [6.45, 7) is 2.84. The number of aryl methyl sites for hydroxylation is 1. The molecule has 1 saturated heterocycles. The lowest BCUT2D eigenvalue weighted by Crippen LogP contribution is -2.30. The van der Waals surface area contributed by atoms with E-state index in [-0.39, 0.29) is 12.1 Å². The van der Waals surface area contributed by atoms with Crippen molar-refractivity contribution >= 4 is 17.3 Å². The van der Waals surface area contributed by atoms with Crippen LogP contribution in [0.25, 0.3) is 5.69 Å². The van der Waals surface area contributed by atoms with Gasteiger partial charge in [-0.1, -0.05) is 24.3 Å². The van der Waals surface area contributed by atoms with Crippen LogP contribution in [-0.4, -0.2) is 24.5 Å². The molecule has 5 rings (SSSR count). The fourth-order valence-corrected chi connectivity index (χ4v) is 4.58. The largest absolute Gasteiger partial charge is 0.352 e. The molecular weight excluding hydrogens is 402 g/mol. The first kappa shape index (κ1) is 19.5. The van der Waals surface area contributed by atoms with E-state index in [1.165, 1.54) is 22.5 Å². The Bertz CT molecular complexity index is 1190. The van der Waals surface area contributed by atoms with E-state index >= 15 is 0 Å². The van der Waals surface area contributed by atoms with Crippen molar-refractivity contribution < 1.29 is 0 Å². The monoisotopic (exact) mass is 425 g/mol. The molecule has 1 aliphatic rings. The van der Waals surface area contributed by atoms with Gasteiger partial charge >= 0.3 is 0 Å². The molecule has 0 bridgehead atoms. The molecule has 0 unspecified atom stereocenters. The summed E-state index contributed by atoms with van der Waals surface area (Å²) in [5.41, 5.74) is 5.71. The Labute approximate surface area is 187 Å². The number of thiocarbonyl (C=S) groups is 1. The predicted octanol–water partition coefficient (Wildman–Crippen LogP) is 4.75. The average molecular weight is 426 g/mol.